The molecule has 0 fully saturated rings. The lowest BCUT2D eigenvalue weighted by atomic mass is 10.0. The second-order valence-corrected chi connectivity index (χ2v) is 3.30. The van der Waals surface area contributed by atoms with Gasteiger partial charge in [-0.2, -0.15) is 5.26 Å². The summed E-state index contributed by atoms with van der Waals surface area (Å²) >= 11 is 0. The predicted octanol–water partition coefficient (Wildman–Crippen LogP) is 1.70. The second-order valence-electron chi connectivity index (χ2n) is 3.30. The maximum atomic E-state index is 11.4. The molecule has 0 heterocycles. The van der Waals surface area contributed by atoms with Gasteiger partial charge < -0.3 is 4.74 Å². The summed E-state index contributed by atoms with van der Waals surface area (Å²) in [6.07, 6.45) is 1.37. The summed E-state index contributed by atoms with van der Waals surface area (Å²) in [6.45, 7) is 1.28. The van der Waals surface area contributed by atoms with Crippen LogP contribution in [0.1, 0.15) is 18.1 Å². The molecule has 17 heavy (non-hydrogen) atoms. The van der Waals surface area contributed by atoms with E-state index in [9.17, 15) is 9.59 Å². The highest BCUT2D eigenvalue weighted by molar-refractivity contribution is 6.19. The zero-order valence-electron chi connectivity index (χ0n) is 9.56. The van der Waals surface area contributed by atoms with Crippen molar-refractivity contribution in [2.75, 3.05) is 7.11 Å². The fraction of sp³-hybridized carbons (Fsp3) is 0.154. The quantitative estimate of drug-likeness (QED) is 0.342. The minimum atomic E-state index is -0.703. The lowest BCUT2D eigenvalue weighted by Gasteiger charge is -2.02. The van der Waals surface area contributed by atoms with Crippen molar-refractivity contribution in [3.63, 3.8) is 0 Å². The zero-order chi connectivity index (χ0) is 12.8. The van der Waals surface area contributed by atoms with Crippen LogP contribution in [0.3, 0.4) is 0 Å². The number of ether oxygens (including phenoxy) is 1. The van der Waals surface area contributed by atoms with Crippen molar-refractivity contribution in [1.29, 1.82) is 5.26 Å². The standard InChI is InChI=1S/C13H11NO3/c1-9(15)12(13(16)17-2)7-10-5-3-4-6-11(10)8-14/h3-7H,1-2H3/b12-7-. The van der Waals surface area contributed by atoms with Gasteiger partial charge in [0.15, 0.2) is 5.78 Å². The van der Waals surface area contributed by atoms with Crippen molar-refractivity contribution in [2.24, 2.45) is 0 Å². The fourth-order valence-electron chi connectivity index (χ4n) is 1.29. The van der Waals surface area contributed by atoms with E-state index < -0.39 is 11.8 Å². The molecule has 0 atom stereocenters. The SMILES string of the molecule is COC(=O)/C(=C\c1ccccc1C#N)C(C)=O. The molecule has 0 unspecified atom stereocenters. The number of methoxy groups -OCH3 is 1. The highest BCUT2D eigenvalue weighted by Crippen LogP contribution is 2.13. The summed E-state index contributed by atoms with van der Waals surface area (Å²) in [4.78, 5) is 22.7. The van der Waals surface area contributed by atoms with E-state index in [1.807, 2.05) is 6.07 Å². The van der Waals surface area contributed by atoms with Crippen molar-refractivity contribution >= 4 is 17.8 Å². The largest absolute Gasteiger partial charge is 0.465 e. The van der Waals surface area contributed by atoms with E-state index in [1.165, 1.54) is 20.1 Å². The van der Waals surface area contributed by atoms with Gasteiger partial charge in [-0.25, -0.2) is 4.79 Å². The number of carbonyl (C=O) groups is 2. The molecule has 0 spiro atoms. The van der Waals surface area contributed by atoms with E-state index in [1.54, 1.807) is 24.3 Å². The summed E-state index contributed by atoms with van der Waals surface area (Å²) in [7, 11) is 1.20. The van der Waals surface area contributed by atoms with Crippen LogP contribution in [0.5, 0.6) is 0 Å². The number of Topliss-reactive ketones (excluding diaryl/α,β-unsaturated/α-hetero) is 1. The molecule has 0 aliphatic rings. The Balaban J connectivity index is 3.28. The summed E-state index contributed by atoms with van der Waals surface area (Å²) in [5.41, 5.74) is 0.843. The number of rotatable bonds is 3. The number of nitriles is 1. The molecule has 1 rings (SSSR count). The fourth-order valence-corrected chi connectivity index (χ4v) is 1.29. The highest BCUT2D eigenvalue weighted by atomic mass is 16.5. The van der Waals surface area contributed by atoms with Crippen LogP contribution in [0.4, 0.5) is 0 Å². The van der Waals surface area contributed by atoms with Crippen LogP contribution in [0, 0.1) is 11.3 Å². The number of carbonyl (C=O) groups excluding carboxylic acids is 2. The van der Waals surface area contributed by atoms with Gasteiger partial charge in [0.25, 0.3) is 0 Å². The Labute approximate surface area is 99.1 Å². The molecule has 0 saturated heterocycles. The van der Waals surface area contributed by atoms with Gasteiger partial charge in [-0.3, -0.25) is 4.79 Å². The molecule has 0 amide bonds. The van der Waals surface area contributed by atoms with Gasteiger partial charge >= 0.3 is 5.97 Å². The molecule has 0 saturated carbocycles. The second kappa shape index (κ2) is 5.61. The molecule has 4 nitrogen and oxygen atoms in total. The molecule has 0 aliphatic heterocycles. The van der Waals surface area contributed by atoms with Gasteiger partial charge in [0, 0.05) is 0 Å². The van der Waals surface area contributed by atoms with E-state index in [-0.39, 0.29) is 5.57 Å². The van der Waals surface area contributed by atoms with Gasteiger partial charge in [-0.15, -0.1) is 0 Å². The summed E-state index contributed by atoms with van der Waals surface area (Å²) in [5.74, 6) is -1.10. The van der Waals surface area contributed by atoms with Crippen molar-refractivity contribution in [3.8, 4) is 6.07 Å². The zero-order valence-corrected chi connectivity index (χ0v) is 9.56. The summed E-state index contributed by atoms with van der Waals surface area (Å²) in [5, 5.41) is 8.89. The molecular formula is C13H11NO3. The van der Waals surface area contributed by atoms with E-state index in [2.05, 4.69) is 4.74 Å². The van der Waals surface area contributed by atoms with Crippen molar-refractivity contribution in [2.45, 2.75) is 6.92 Å². The van der Waals surface area contributed by atoms with E-state index in [0.717, 1.165) is 0 Å². The van der Waals surface area contributed by atoms with Gasteiger partial charge in [-0.05, 0) is 24.6 Å². The predicted molar refractivity (Wildman–Crippen MR) is 61.8 cm³/mol. The van der Waals surface area contributed by atoms with Gasteiger partial charge in [0.2, 0.25) is 0 Å². The normalized spacial score (nSPS) is 10.5. The Bertz CT molecular complexity index is 524. The molecule has 4 heteroatoms. The van der Waals surface area contributed by atoms with Gasteiger partial charge in [0.05, 0.1) is 18.7 Å². The average molecular weight is 229 g/mol. The average Bonchev–Trinajstić information content (AvgIpc) is 2.35. The first kappa shape index (κ1) is 12.7. The number of nitrogens with zero attached hydrogens (tertiary/aromatic N) is 1. The van der Waals surface area contributed by atoms with Gasteiger partial charge in [-0.1, -0.05) is 18.2 Å². The lowest BCUT2D eigenvalue weighted by molar-refractivity contribution is -0.137. The summed E-state index contributed by atoms with van der Waals surface area (Å²) in [6, 6.07) is 8.69. The topological polar surface area (TPSA) is 67.2 Å². The molecule has 86 valence electrons. The number of ketones is 1. The molecular weight excluding hydrogens is 218 g/mol. The van der Waals surface area contributed by atoms with Crippen LogP contribution < -0.4 is 0 Å². The van der Waals surface area contributed by atoms with E-state index in [0.29, 0.717) is 11.1 Å². The van der Waals surface area contributed by atoms with Gasteiger partial charge in [0.1, 0.15) is 5.57 Å². The summed E-state index contributed by atoms with van der Waals surface area (Å²) < 4.78 is 4.51. The van der Waals surface area contributed by atoms with E-state index in [4.69, 9.17) is 5.26 Å². The molecule has 0 radical (unpaired) electrons. The monoisotopic (exact) mass is 229 g/mol. The van der Waals surface area contributed by atoms with Crippen LogP contribution in [0.25, 0.3) is 6.08 Å². The first-order valence-corrected chi connectivity index (χ1v) is 4.90. The first-order chi connectivity index (χ1) is 8.10. The third-order valence-corrected chi connectivity index (χ3v) is 2.17. The third kappa shape index (κ3) is 3.02. The first-order valence-electron chi connectivity index (χ1n) is 4.90. The van der Waals surface area contributed by atoms with Crippen LogP contribution in [-0.4, -0.2) is 18.9 Å². The van der Waals surface area contributed by atoms with Crippen LogP contribution in [0.15, 0.2) is 29.8 Å². The molecule has 0 aliphatic carbocycles. The molecule has 1 aromatic carbocycles. The molecule has 0 N–H and O–H groups in total. The third-order valence-electron chi connectivity index (χ3n) is 2.17. The highest BCUT2D eigenvalue weighted by Gasteiger charge is 2.15. The number of benzene rings is 1. The Kier molecular flexibility index (Phi) is 4.18. The molecule has 0 aromatic heterocycles. The van der Waals surface area contributed by atoms with E-state index >= 15 is 0 Å². The van der Waals surface area contributed by atoms with Crippen molar-refractivity contribution < 1.29 is 14.3 Å². The Hall–Kier alpha value is -2.41. The Morgan fingerprint density at radius 1 is 1.35 bits per heavy atom. The maximum Gasteiger partial charge on any atom is 0.341 e. The Morgan fingerprint density at radius 2 is 2.00 bits per heavy atom. The molecule has 0 bridgehead atoms. The number of hydrogen-bond acceptors (Lipinski definition) is 4. The minimum absolute atomic E-state index is 0.0739. The lowest BCUT2D eigenvalue weighted by Crippen LogP contribution is -2.11. The van der Waals surface area contributed by atoms with Crippen molar-refractivity contribution in [1.82, 2.24) is 0 Å². The molecule has 1 aromatic rings. The van der Waals surface area contributed by atoms with Crippen LogP contribution in [-0.2, 0) is 14.3 Å². The Morgan fingerprint density at radius 3 is 2.53 bits per heavy atom. The maximum absolute atomic E-state index is 11.4. The smallest absolute Gasteiger partial charge is 0.341 e. The number of esters is 1. The number of hydrogen-bond donors (Lipinski definition) is 0. The van der Waals surface area contributed by atoms with Crippen molar-refractivity contribution in [3.05, 3.63) is 41.0 Å². The minimum Gasteiger partial charge on any atom is -0.465 e. The van der Waals surface area contributed by atoms with Crippen LogP contribution >= 0.6 is 0 Å². The van der Waals surface area contributed by atoms with Crippen LogP contribution in [0.2, 0.25) is 0 Å².